The fraction of sp³-hybridized carbons (Fsp3) is 0.391. The van der Waals surface area contributed by atoms with Gasteiger partial charge in [0.05, 0.1) is 13.2 Å². The highest BCUT2D eigenvalue weighted by Gasteiger charge is 2.33. The third-order valence-electron chi connectivity index (χ3n) is 5.03. The van der Waals surface area contributed by atoms with E-state index in [0.717, 1.165) is 29.3 Å². The van der Waals surface area contributed by atoms with Crippen molar-refractivity contribution >= 4 is 8.32 Å². The quantitative estimate of drug-likeness (QED) is 0.245. The van der Waals surface area contributed by atoms with Crippen LogP contribution in [0.3, 0.4) is 0 Å². The summed E-state index contributed by atoms with van der Waals surface area (Å²) in [4.78, 5) is 0. The minimum Gasteiger partial charge on any atom is -0.543 e. The van der Waals surface area contributed by atoms with Crippen LogP contribution in [0.1, 0.15) is 31.9 Å². The van der Waals surface area contributed by atoms with Gasteiger partial charge in [-0.1, -0.05) is 88.0 Å². The second-order valence-corrected chi connectivity index (χ2v) is 11.4. The fourth-order valence-corrected chi connectivity index (χ4v) is 5.60. The van der Waals surface area contributed by atoms with Crippen LogP contribution in [0, 0.1) is 0 Å². The van der Waals surface area contributed by atoms with Gasteiger partial charge >= 0.3 is 0 Å². The molecule has 0 N–H and O–H groups in total. The highest BCUT2D eigenvalue weighted by atomic mass is 28.4. The van der Waals surface area contributed by atoms with Crippen molar-refractivity contribution in [2.45, 2.75) is 58.4 Å². The maximum Gasteiger partial charge on any atom is 0.250 e. The highest BCUT2D eigenvalue weighted by Crippen LogP contribution is 2.27. The lowest BCUT2D eigenvalue weighted by atomic mass is 10.2. The van der Waals surface area contributed by atoms with E-state index < -0.39 is 14.6 Å². The van der Waals surface area contributed by atoms with Gasteiger partial charge in [0.2, 0.25) is 14.6 Å². The molecule has 0 aliphatic rings. The standard InChI is InChI=1S/C23H32O3Si/c1-5-27(6-2,7-3)26-20(4)23(24-18-21-14-10-8-11-15-21)25-19-22-16-12-9-13-17-22/h8-17,23H,4-7,18-19H2,1-3H3. The van der Waals surface area contributed by atoms with E-state index in [9.17, 15) is 0 Å². The lowest BCUT2D eigenvalue weighted by molar-refractivity contribution is -0.148. The van der Waals surface area contributed by atoms with Crippen LogP contribution < -0.4 is 0 Å². The van der Waals surface area contributed by atoms with E-state index in [1.54, 1.807) is 0 Å². The van der Waals surface area contributed by atoms with Gasteiger partial charge in [-0.25, -0.2) is 0 Å². The third-order valence-corrected chi connectivity index (χ3v) is 9.59. The van der Waals surface area contributed by atoms with Gasteiger partial charge < -0.3 is 13.9 Å². The third kappa shape index (κ3) is 6.65. The first kappa shape index (κ1) is 21.4. The predicted octanol–water partition coefficient (Wildman–Crippen LogP) is 6.28. The summed E-state index contributed by atoms with van der Waals surface area (Å²) in [6, 6.07) is 23.4. The normalized spacial score (nSPS) is 11.6. The topological polar surface area (TPSA) is 27.7 Å². The average Bonchev–Trinajstić information content (AvgIpc) is 2.73. The van der Waals surface area contributed by atoms with E-state index in [1.807, 2.05) is 60.7 Å². The summed E-state index contributed by atoms with van der Waals surface area (Å²) in [6.45, 7) is 11.7. The van der Waals surface area contributed by atoms with Crippen LogP contribution in [0.5, 0.6) is 0 Å². The van der Waals surface area contributed by atoms with Crippen molar-refractivity contribution in [1.82, 2.24) is 0 Å². The minimum absolute atomic E-state index is 0.460. The molecule has 0 unspecified atom stereocenters. The van der Waals surface area contributed by atoms with Crippen LogP contribution in [-0.2, 0) is 27.1 Å². The lowest BCUT2D eigenvalue weighted by Crippen LogP contribution is -2.38. The van der Waals surface area contributed by atoms with E-state index in [2.05, 4.69) is 27.4 Å². The molecule has 0 aromatic heterocycles. The van der Waals surface area contributed by atoms with Crippen molar-refractivity contribution in [2.75, 3.05) is 0 Å². The van der Waals surface area contributed by atoms with Gasteiger partial charge in [-0.05, 0) is 29.3 Å². The molecule has 4 heteroatoms. The first-order chi connectivity index (χ1) is 13.1. The summed E-state index contributed by atoms with van der Waals surface area (Å²) in [7, 11) is -1.82. The van der Waals surface area contributed by atoms with Crippen molar-refractivity contribution in [2.24, 2.45) is 0 Å². The van der Waals surface area contributed by atoms with Crippen LogP contribution in [0.2, 0.25) is 18.1 Å². The smallest absolute Gasteiger partial charge is 0.250 e. The summed E-state index contributed by atoms with van der Waals surface area (Å²) in [5.41, 5.74) is 2.20. The van der Waals surface area contributed by atoms with Gasteiger partial charge in [-0.2, -0.15) is 0 Å². The first-order valence-corrected chi connectivity index (χ1v) is 12.3. The van der Waals surface area contributed by atoms with E-state index in [1.165, 1.54) is 0 Å². The Morgan fingerprint density at radius 1 is 0.778 bits per heavy atom. The number of ether oxygens (including phenoxy) is 2. The highest BCUT2D eigenvalue weighted by molar-refractivity contribution is 6.73. The molecular weight excluding hydrogens is 352 g/mol. The summed E-state index contributed by atoms with van der Waals surface area (Å²) in [5.74, 6) is 0.596. The Balaban J connectivity index is 2.06. The zero-order valence-electron chi connectivity index (χ0n) is 16.8. The molecule has 0 saturated carbocycles. The van der Waals surface area contributed by atoms with E-state index in [4.69, 9.17) is 13.9 Å². The molecule has 2 rings (SSSR count). The van der Waals surface area contributed by atoms with Crippen molar-refractivity contribution in [3.8, 4) is 0 Å². The van der Waals surface area contributed by atoms with Crippen molar-refractivity contribution in [3.63, 3.8) is 0 Å². The maximum absolute atomic E-state index is 6.42. The number of rotatable bonds is 12. The molecule has 0 heterocycles. The van der Waals surface area contributed by atoms with Gasteiger partial charge in [0.25, 0.3) is 0 Å². The number of hydrogen-bond donors (Lipinski definition) is 0. The summed E-state index contributed by atoms with van der Waals surface area (Å²) in [5, 5.41) is 0. The van der Waals surface area contributed by atoms with Crippen molar-refractivity contribution < 1.29 is 13.9 Å². The van der Waals surface area contributed by atoms with Crippen LogP contribution in [0.4, 0.5) is 0 Å². The van der Waals surface area contributed by atoms with Gasteiger partial charge in [-0.3, -0.25) is 0 Å². The molecule has 27 heavy (non-hydrogen) atoms. The molecule has 0 saturated heterocycles. The molecular formula is C23H32O3Si. The molecule has 146 valence electrons. The molecule has 0 radical (unpaired) electrons. The SMILES string of the molecule is C=C(O[Si](CC)(CC)CC)C(OCc1ccccc1)OCc1ccccc1. The first-order valence-electron chi connectivity index (χ1n) is 9.81. The molecule has 0 bridgehead atoms. The van der Waals surface area contributed by atoms with E-state index >= 15 is 0 Å². The van der Waals surface area contributed by atoms with Gasteiger partial charge in [0.15, 0.2) is 0 Å². The molecule has 0 aliphatic heterocycles. The van der Waals surface area contributed by atoms with Gasteiger partial charge in [0, 0.05) is 0 Å². The molecule has 3 nitrogen and oxygen atoms in total. The second kappa shape index (κ2) is 11.1. The molecule has 0 atom stereocenters. The zero-order valence-corrected chi connectivity index (χ0v) is 17.8. The Labute approximate surface area is 165 Å². The zero-order chi connectivity index (χ0) is 19.5. The molecule has 2 aromatic rings. The molecule has 2 aromatic carbocycles. The Kier molecular flexibility index (Phi) is 8.78. The van der Waals surface area contributed by atoms with Crippen LogP contribution in [0.15, 0.2) is 73.0 Å². The van der Waals surface area contributed by atoms with Gasteiger partial charge in [-0.15, -0.1) is 0 Å². The van der Waals surface area contributed by atoms with Crippen LogP contribution >= 0.6 is 0 Å². The Bertz CT molecular complexity index is 617. The summed E-state index contributed by atoms with van der Waals surface area (Å²) < 4.78 is 18.6. The van der Waals surface area contributed by atoms with Gasteiger partial charge in [0.1, 0.15) is 5.76 Å². The largest absolute Gasteiger partial charge is 0.543 e. The molecule has 0 amide bonds. The van der Waals surface area contributed by atoms with E-state index in [0.29, 0.717) is 19.0 Å². The fourth-order valence-electron chi connectivity index (χ4n) is 3.02. The summed E-state index contributed by atoms with van der Waals surface area (Å²) >= 11 is 0. The average molecular weight is 385 g/mol. The molecule has 0 aliphatic carbocycles. The van der Waals surface area contributed by atoms with E-state index in [-0.39, 0.29) is 0 Å². The van der Waals surface area contributed by atoms with Crippen LogP contribution in [0.25, 0.3) is 0 Å². The second-order valence-electron chi connectivity index (χ2n) is 6.74. The summed E-state index contributed by atoms with van der Waals surface area (Å²) in [6.07, 6.45) is -0.582. The number of benzene rings is 2. The van der Waals surface area contributed by atoms with Crippen LogP contribution in [-0.4, -0.2) is 14.6 Å². The maximum atomic E-state index is 6.42. The number of hydrogen-bond acceptors (Lipinski definition) is 3. The Morgan fingerprint density at radius 2 is 1.19 bits per heavy atom. The Hall–Kier alpha value is -1.88. The lowest BCUT2D eigenvalue weighted by Gasteiger charge is -2.32. The molecule has 0 fully saturated rings. The van der Waals surface area contributed by atoms with Crippen molar-refractivity contribution in [3.05, 3.63) is 84.1 Å². The predicted molar refractivity (Wildman–Crippen MR) is 114 cm³/mol. The Morgan fingerprint density at radius 3 is 1.56 bits per heavy atom. The molecule has 0 spiro atoms. The monoisotopic (exact) mass is 384 g/mol. The van der Waals surface area contributed by atoms with Crippen molar-refractivity contribution in [1.29, 1.82) is 0 Å². The minimum atomic E-state index is -1.82.